The third-order valence-electron chi connectivity index (χ3n) is 4.15. The SMILES string of the molecule is CC[C@H](C)c1ccccc1NC(=O)COC(=O)CCC(=O)c1ccc(Cl)s1. The molecule has 2 rings (SSSR count). The zero-order chi connectivity index (χ0) is 19.8. The molecule has 0 saturated heterocycles. The highest BCUT2D eigenvalue weighted by atomic mass is 35.5. The lowest BCUT2D eigenvalue weighted by atomic mass is 9.97. The first-order chi connectivity index (χ1) is 12.9. The van der Waals surface area contributed by atoms with Crippen molar-refractivity contribution >= 4 is 46.3 Å². The Morgan fingerprint density at radius 1 is 1.15 bits per heavy atom. The number of ether oxygens (including phenoxy) is 1. The van der Waals surface area contributed by atoms with Crippen molar-refractivity contribution < 1.29 is 19.1 Å². The van der Waals surface area contributed by atoms with Gasteiger partial charge in [-0.15, -0.1) is 11.3 Å². The number of thiophene rings is 1. The molecule has 1 N–H and O–H groups in total. The second-order valence-corrected chi connectivity index (χ2v) is 7.85. The second kappa shape index (κ2) is 10.2. The molecule has 144 valence electrons. The predicted molar refractivity (Wildman–Crippen MR) is 108 cm³/mol. The Balaban J connectivity index is 1.78. The van der Waals surface area contributed by atoms with Crippen molar-refractivity contribution in [1.82, 2.24) is 0 Å². The molecule has 1 heterocycles. The molecule has 0 aliphatic heterocycles. The van der Waals surface area contributed by atoms with Crippen LogP contribution in [0.1, 0.15) is 54.3 Å². The molecule has 1 amide bonds. The van der Waals surface area contributed by atoms with E-state index in [4.69, 9.17) is 16.3 Å². The number of carbonyl (C=O) groups excluding carboxylic acids is 3. The van der Waals surface area contributed by atoms with Crippen molar-refractivity contribution in [2.45, 2.75) is 39.0 Å². The maximum absolute atomic E-state index is 12.1. The van der Waals surface area contributed by atoms with Crippen LogP contribution in [0.5, 0.6) is 0 Å². The first-order valence-corrected chi connectivity index (χ1v) is 9.93. The molecule has 0 aliphatic carbocycles. The van der Waals surface area contributed by atoms with E-state index in [0.717, 1.165) is 17.7 Å². The summed E-state index contributed by atoms with van der Waals surface area (Å²) in [7, 11) is 0. The number of rotatable bonds is 9. The third-order valence-corrected chi connectivity index (χ3v) is 5.42. The Kier molecular flexibility index (Phi) is 8.00. The number of nitrogens with one attached hydrogen (secondary N) is 1. The Morgan fingerprint density at radius 3 is 2.56 bits per heavy atom. The topological polar surface area (TPSA) is 72.5 Å². The number of halogens is 1. The number of esters is 1. The van der Waals surface area contributed by atoms with Crippen molar-refractivity contribution in [3.05, 3.63) is 51.2 Å². The summed E-state index contributed by atoms with van der Waals surface area (Å²) in [5.41, 5.74) is 1.76. The smallest absolute Gasteiger partial charge is 0.306 e. The molecule has 0 aliphatic rings. The van der Waals surface area contributed by atoms with Gasteiger partial charge in [0.15, 0.2) is 12.4 Å². The lowest BCUT2D eigenvalue weighted by molar-refractivity contribution is -0.147. The average Bonchev–Trinajstić information content (AvgIpc) is 3.10. The molecule has 27 heavy (non-hydrogen) atoms. The molecule has 1 aromatic heterocycles. The minimum Gasteiger partial charge on any atom is -0.456 e. The summed E-state index contributed by atoms with van der Waals surface area (Å²) >= 11 is 6.96. The van der Waals surface area contributed by atoms with E-state index in [9.17, 15) is 14.4 Å². The largest absolute Gasteiger partial charge is 0.456 e. The highest BCUT2D eigenvalue weighted by Crippen LogP contribution is 2.26. The Bertz CT molecular complexity index is 818. The van der Waals surface area contributed by atoms with E-state index in [1.165, 1.54) is 11.3 Å². The van der Waals surface area contributed by atoms with Gasteiger partial charge in [-0.3, -0.25) is 14.4 Å². The van der Waals surface area contributed by atoms with Crippen LogP contribution in [0.3, 0.4) is 0 Å². The summed E-state index contributed by atoms with van der Waals surface area (Å²) in [4.78, 5) is 36.3. The van der Waals surface area contributed by atoms with Gasteiger partial charge in [0.1, 0.15) is 0 Å². The molecule has 0 bridgehead atoms. The van der Waals surface area contributed by atoms with E-state index in [0.29, 0.717) is 15.1 Å². The maximum Gasteiger partial charge on any atom is 0.306 e. The zero-order valence-electron chi connectivity index (χ0n) is 15.3. The summed E-state index contributed by atoms with van der Waals surface area (Å²) < 4.78 is 5.49. The Labute approximate surface area is 167 Å². The lowest BCUT2D eigenvalue weighted by Gasteiger charge is -2.15. The van der Waals surface area contributed by atoms with Crippen LogP contribution < -0.4 is 5.32 Å². The molecule has 0 radical (unpaired) electrons. The van der Waals surface area contributed by atoms with E-state index in [1.807, 2.05) is 24.3 Å². The van der Waals surface area contributed by atoms with E-state index in [-0.39, 0.29) is 25.2 Å². The van der Waals surface area contributed by atoms with Crippen molar-refractivity contribution in [2.24, 2.45) is 0 Å². The van der Waals surface area contributed by atoms with E-state index in [2.05, 4.69) is 19.2 Å². The molecule has 5 nitrogen and oxygen atoms in total. The van der Waals surface area contributed by atoms with Crippen LogP contribution >= 0.6 is 22.9 Å². The summed E-state index contributed by atoms with van der Waals surface area (Å²) in [5, 5.41) is 2.78. The van der Waals surface area contributed by atoms with Gasteiger partial charge in [-0.1, -0.05) is 43.6 Å². The van der Waals surface area contributed by atoms with Gasteiger partial charge in [-0.25, -0.2) is 0 Å². The van der Waals surface area contributed by atoms with Gasteiger partial charge in [0.05, 0.1) is 15.6 Å². The highest BCUT2D eigenvalue weighted by Gasteiger charge is 2.15. The van der Waals surface area contributed by atoms with Gasteiger partial charge in [0.25, 0.3) is 5.91 Å². The average molecular weight is 408 g/mol. The van der Waals surface area contributed by atoms with Gasteiger partial charge in [0.2, 0.25) is 0 Å². The van der Waals surface area contributed by atoms with E-state index < -0.39 is 11.9 Å². The molecule has 1 atom stereocenters. The van der Waals surface area contributed by atoms with Gasteiger partial charge in [-0.05, 0) is 36.1 Å². The van der Waals surface area contributed by atoms with Crippen molar-refractivity contribution in [3.63, 3.8) is 0 Å². The summed E-state index contributed by atoms with van der Waals surface area (Å²) in [5.74, 6) is -0.858. The minimum atomic E-state index is -0.587. The molecule has 0 spiro atoms. The lowest BCUT2D eigenvalue weighted by Crippen LogP contribution is -2.22. The molecular formula is C20H22ClNO4S. The van der Waals surface area contributed by atoms with Crippen LogP contribution in [-0.4, -0.2) is 24.3 Å². The molecule has 0 unspecified atom stereocenters. The quantitative estimate of drug-likeness (QED) is 0.465. The highest BCUT2D eigenvalue weighted by molar-refractivity contribution is 7.18. The summed E-state index contributed by atoms with van der Waals surface area (Å²) in [6.07, 6.45) is 0.893. The number of Topliss-reactive ketones (excluding diaryl/α,β-unsaturated/α-hetero) is 1. The number of ketones is 1. The number of hydrogen-bond donors (Lipinski definition) is 1. The summed E-state index contributed by atoms with van der Waals surface area (Å²) in [6.45, 7) is 3.78. The van der Waals surface area contributed by atoms with Crippen LogP contribution in [0.2, 0.25) is 4.34 Å². The minimum absolute atomic E-state index is 0.0220. The molecular weight excluding hydrogens is 386 g/mol. The zero-order valence-corrected chi connectivity index (χ0v) is 16.9. The molecule has 7 heteroatoms. The molecule has 0 fully saturated rings. The number of para-hydroxylation sites is 1. The standard InChI is InChI=1S/C20H22ClNO4S/c1-3-13(2)14-6-4-5-7-15(14)22-19(24)12-26-20(25)11-8-16(23)17-9-10-18(21)27-17/h4-7,9-10,13H,3,8,11-12H2,1-2H3,(H,22,24)/t13-/m0/s1. The van der Waals surface area contributed by atoms with Crippen LogP contribution in [0.25, 0.3) is 0 Å². The molecule has 0 saturated carbocycles. The Hall–Kier alpha value is -2.18. The van der Waals surface area contributed by atoms with Crippen LogP contribution in [0.4, 0.5) is 5.69 Å². The molecule has 2 aromatic rings. The maximum atomic E-state index is 12.1. The van der Waals surface area contributed by atoms with Gasteiger partial charge < -0.3 is 10.1 Å². The predicted octanol–water partition coefficient (Wildman–Crippen LogP) is 5.06. The number of anilines is 1. The fraction of sp³-hybridized carbons (Fsp3) is 0.350. The van der Waals surface area contributed by atoms with E-state index >= 15 is 0 Å². The number of benzene rings is 1. The molecule has 1 aromatic carbocycles. The fourth-order valence-corrected chi connectivity index (χ4v) is 3.48. The van der Waals surface area contributed by atoms with Gasteiger partial charge >= 0.3 is 5.97 Å². The first kappa shape index (κ1) is 21.1. The summed E-state index contributed by atoms with van der Waals surface area (Å²) in [6, 6.07) is 10.8. The van der Waals surface area contributed by atoms with Crippen molar-refractivity contribution in [1.29, 1.82) is 0 Å². The van der Waals surface area contributed by atoms with Gasteiger partial charge in [0, 0.05) is 12.1 Å². The van der Waals surface area contributed by atoms with E-state index in [1.54, 1.807) is 12.1 Å². The van der Waals surface area contributed by atoms with Crippen LogP contribution in [0, 0.1) is 0 Å². The fourth-order valence-electron chi connectivity index (χ4n) is 2.47. The van der Waals surface area contributed by atoms with Crippen molar-refractivity contribution in [3.8, 4) is 0 Å². The van der Waals surface area contributed by atoms with Crippen molar-refractivity contribution in [2.75, 3.05) is 11.9 Å². The van der Waals surface area contributed by atoms with Crippen LogP contribution in [0.15, 0.2) is 36.4 Å². The number of amides is 1. The normalized spacial score (nSPS) is 11.7. The number of hydrogen-bond acceptors (Lipinski definition) is 5. The second-order valence-electron chi connectivity index (χ2n) is 6.13. The Morgan fingerprint density at radius 2 is 1.89 bits per heavy atom. The first-order valence-electron chi connectivity index (χ1n) is 8.73. The monoisotopic (exact) mass is 407 g/mol. The van der Waals surface area contributed by atoms with Gasteiger partial charge in [-0.2, -0.15) is 0 Å². The third kappa shape index (κ3) is 6.48. The number of carbonyl (C=O) groups is 3. The van der Waals surface area contributed by atoms with Crippen LogP contribution in [-0.2, 0) is 14.3 Å².